The number of aromatic amines is 1. The van der Waals surface area contributed by atoms with Gasteiger partial charge in [0.15, 0.2) is 0 Å². The average Bonchev–Trinajstić information content (AvgIpc) is 3.07. The van der Waals surface area contributed by atoms with E-state index in [-0.39, 0.29) is 11.9 Å². The number of fused-ring (bicyclic) bond motifs is 3. The molecule has 2 bridgehead atoms. The van der Waals surface area contributed by atoms with E-state index in [1.807, 2.05) is 18.2 Å². The van der Waals surface area contributed by atoms with Gasteiger partial charge in [0.05, 0.1) is 5.69 Å². The van der Waals surface area contributed by atoms with Gasteiger partial charge in [0.1, 0.15) is 11.4 Å². The largest absolute Gasteiger partial charge is 0.346 e. The van der Waals surface area contributed by atoms with Crippen LogP contribution >= 0.6 is 0 Å². The van der Waals surface area contributed by atoms with Crippen molar-refractivity contribution in [1.82, 2.24) is 25.4 Å². The van der Waals surface area contributed by atoms with E-state index in [1.165, 1.54) is 25.9 Å². The van der Waals surface area contributed by atoms with Gasteiger partial charge < -0.3 is 10.2 Å². The van der Waals surface area contributed by atoms with Gasteiger partial charge in [-0.1, -0.05) is 6.07 Å². The van der Waals surface area contributed by atoms with E-state index in [1.54, 1.807) is 12.3 Å². The molecule has 6 nitrogen and oxygen atoms in total. The van der Waals surface area contributed by atoms with Crippen LogP contribution < -0.4 is 5.32 Å². The highest BCUT2D eigenvalue weighted by Gasteiger charge is 2.35. The minimum atomic E-state index is -0.0755. The van der Waals surface area contributed by atoms with Crippen molar-refractivity contribution in [2.45, 2.75) is 18.9 Å². The van der Waals surface area contributed by atoms with Gasteiger partial charge in [-0.2, -0.15) is 5.10 Å². The fourth-order valence-corrected chi connectivity index (χ4v) is 3.46. The van der Waals surface area contributed by atoms with Crippen molar-refractivity contribution in [3.8, 4) is 11.4 Å². The molecular weight excluding hydrogens is 278 g/mol. The summed E-state index contributed by atoms with van der Waals surface area (Å²) >= 11 is 0. The van der Waals surface area contributed by atoms with Crippen LogP contribution in [0.15, 0.2) is 30.5 Å². The Morgan fingerprint density at radius 3 is 2.82 bits per heavy atom. The van der Waals surface area contributed by atoms with Gasteiger partial charge in [-0.15, -0.1) is 0 Å². The molecule has 2 aromatic heterocycles. The first-order chi connectivity index (χ1) is 10.8. The second-order valence-electron chi connectivity index (χ2n) is 6.10. The molecule has 22 heavy (non-hydrogen) atoms. The summed E-state index contributed by atoms with van der Waals surface area (Å²) in [7, 11) is 0. The first-order valence-electron chi connectivity index (χ1n) is 7.79. The SMILES string of the molecule is O=C(NC1CN2CCC1CC2)c1cc(-c2ccccn2)n[nH]1. The molecule has 1 unspecified atom stereocenters. The molecule has 0 spiro atoms. The Bertz CT molecular complexity index is 660. The van der Waals surface area contributed by atoms with Gasteiger partial charge in [-0.3, -0.25) is 14.9 Å². The van der Waals surface area contributed by atoms with Crippen LogP contribution in [0.5, 0.6) is 0 Å². The Labute approximate surface area is 128 Å². The summed E-state index contributed by atoms with van der Waals surface area (Å²) < 4.78 is 0. The van der Waals surface area contributed by atoms with Gasteiger partial charge in [-0.05, 0) is 50.0 Å². The first kappa shape index (κ1) is 13.5. The van der Waals surface area contributed by atoms with Crippen LogP contribution in [0.2, 0.25) is 0 Å². The van der Waals surface area contributed by atoms with Crippen molar-refractivity contribution in [3.63, 3.8) is 0 Å². The maximum Gasteiger partial charge on any atom is 0.269 e. The Hall–Kier alpha value is -2.21. The Morgan fingerprint density at radius 1 is 1.27 bits per heavy atom. The van der Waals surface area contributed by atoms with E-state index in [4.69, 9.17) is 0 Å². The molecule has 0 aromatic carbocycles. The molecule has 6 heteroatoms. The molecule has 3 aliphatic rings. The Kier molecular flexibility index (Phi) is 3.38. The van der Waals surface area contributed by atoms with E-state index < -0.39 is 0 Å². The van der Waals surface area contributed by atoms with Crippen molar-refractivity contribution < 1.29 is 4.79 Å². The Morgan fingerprint density at radius 2 is 2.14 bits per heavy atom. The first-order valence-corrected chi connectivity index (χ1v) is 7.79. The van der Waals surface area contributed by atoms with Gasteiger partial charge >= 0.3 is 0 Å². The van der Waals surface area contributed by atoms with Crippen molar-refractivity contribution in [1.29, 1.82) is 0 Å². The number of nitrogens with one attached hydrogen (secondary N) is 2. The number of H-pyrrole nitrogens is 1. The van der Waals surface area contributed by atoms with Crippen LogP contribution in [0.25, 0.3) is 11.4 Å². The molecule has 1 atom stereocenters. The molecule has 3 saturated heterocycles. The lowest BCUT2D eigenvalue weighted by molar-refractivity contribution is 0.0618. The van der Waals surface area contributed by atoms with Crippen LogP contribution in [-0.4, -0.2) is 51.7 Å². The topological polar surface area (TPSA) is 73.9 Å². The normalized spacial score (nSPS) is 26.8. The van der Waals surface area contributed by atoms with E-state index in [2.05, 4.69) is 25.4 Å². The standard InChI is InChI=1S/C16H19N5O/c22-16(18-15-10-21-7-4-11(15)5-8-21)14-9-13(19-20-14)12-3-1-2-6-17-12/h1-3,6,9,11,15H,4-5,7-8,10H2,(H,18,22)(H,19,20). The van der Waals surface area contributed by atoms with Crippen LogP contribution in [0.3, 0.4) is 0 Å². The molecular formula is C16H19N5O. The quantitative estimate of drug-likeness (QED) is 0.895. The van der Waals surface area contributed by atoms with Crippen molar-refractivity contribution >= 4 is 5.91 Å². The number of pyridine rings is 1. The molecule has 0 aliphatic carbocycles. The zero-order chi connectivity index (χ0) is 14.9. The monoisotopic (exact) mass is 297 g/mol. The number of hydrogen-bond acceptors (Lipinski definition) is 4. The maximum absolute atomic E-state index is 12.4. The molecule has 0 radical (unpaired) electrons. The number of aromatic nitrogens is 3. The van der Waals surface area contributed by atoms with Crippen molar-refractivity contribution in [3.05, 3.63) is 36.2 Å². The van der Waals surface area contributed by atoms with Crippen LogP contribution in [0, 0.1) is 5.92 Å². The van der Waals surface area contributed by atoms with Gasteiger partial charge in [0, 0.05) is 18.8 Å². The second kappa shape index (κ2) is 5.53. The minimum Gasteiger partial charge on any atom is -0.346 e. The summed E-state index contributed by atoms with van der Waals surface area (Å²) in [5.41, 5.74) is 1.96. The third-order valence-corrected chi connectivity index (χ3v) is 4.72. The molecule has 3 fully saturated rings. The molecule has 5 heterocycles. The fraction of sp³-hybridized carbons (Fsp3) is 0.438. The predicted octanol–water partition coefficient (Wildman–Crippen LogP) is 1.30. The molecule has 3 aliphatic heterocycles. The smallest absolute Gasteiger partial charge is 0.269 e. The zero-order valence-corrected chi connectivity index (χ0v) is 12.3. The number of nitrogens with zero attached hydrogens (tertiary/aromatic N) is 3. The van der Waals surface area contributed by atoms with E-state index >= 15 is 0 Å². The van der Waals surface area contributed by atoms with Crippen LogP contribution in [0.4, 0.5) is 0 Å². The molecule has 5 rings (SSSR count). The van der Waals surface area contributed by atoms with E-state index in [0.29, 0.717) is 17.3 Å². The van der Waals surface area contributed by atoms with Crippen LogP contribution in [-0.2, 0) is 0 Å². The van der Waals surface area contributed by atoms with Gasteiger partial charge in [0.25, 0.3) is 5.91 Å². The van der Waals surface area contributed by atoms with Crippen molar-refractivity contribution in [2.75, 3.05) is 19.6 Å². The number of hydrogen-bond donors (Lipinski definition) is 2. The summed E-state index contributed by atoms with van der Waals surface area (Å²) in [6.45, 7) is 3.31. The molecule has 2 N–H and O–H groups in total. The van der Waals surface area contributed by atoms with Crippen molar-refractivity contribution in [2.24, 2.45) is 5.92 Å². The minimum absolute atomic E-state index is 0.0755. The average molecular weight is 297 g/mol. The molecule has 1 amide bonds. The number of carbonyl (C=O) groups is 1. The van der Waals surface area contributed by atoms with Gasteiger partial charge in [0.2, 0.25) is 0 Å². The van der Waals surface area contributed by atoms with Crippen LogP contribution in [0.1, 0.15) is 23.3 Å². The third kappa shape index (κ3) is 2.50. The lowest BCUT2D eigenvalue weighted by Gasteiger charge is -2.44. The Balaban J connectivity index is 1.46. The summed E-state index contributed by atoms with van der Waals surface area (Å²) in [4.78, 5) is 19.1. The van der Waals surface area contributed by atoms with E-state index in [9.17, 15) is 4.79 Å². The summed E-state index contributed by atoms with van der Waals surface area (Å²) in [5.74, 6) is 0.542. The second-order valence-corrected chi connectivity index (χ2v) is 6.10. The molecule has 114 valence electrons. The third-order valence-electron chi connectivity index (χ3n) is 4.72. The maximum atomic E-state index is 12.4. The highest BCUT2D eigenvalue weighted by atomic mass is 16.2. The fourth-order valence-electron chi connectivity index (χ4n) is 3.46. The summed E-state index contributed by atoms with van der Waals surface area (Å²) in [5, 5.41) is 10.2. The number of rotatable bonds is 3. The number of piperidine rings is 3. The highest BCUT2D eigenvalue weighted by Crippen LogP contribution is 2.27. The van der Waals surface area contributed by atoms with E-state index in [0.717, 1.165) is 12.2 Å². The number of carbonyl (C=O) groups excluding carboxylic acids is 1. The molecule has 0 saturated carbocycles. The zero-order valence-electron chi connectivity index (χ0n) is 12.3. The number of amides is 1. The predicted molar refractivity (Wildman–Crippen MR) is 82.2 cm³/mol. The lowest BCUT2D eigenvalue weighted by atomic mass is 9.84. The van der Waals surface area contributed by atoms with Gasteiger partial charge in [-0.25, -0.2) is 0 Å². The summed E-state index contributed by atoms with van der Waals surface area (Å²) in [6.07, 6.45) is 4.09. The molecule has 2 aromatic rings. The highest BCUT2D eigenvalue weighted by molar-refractivity contribution is 5.93. The summed E-state index contributed by atoms with van der Waals surface area (Å²) in [6, 6.07) is 7.67. The lowest BCUT2D eigenvalue weighted by Crippen LogP contribution is -2.57.